The maximum absolute atomic E-state index is 13.4. The van der Waals surface area contributed by atoms with E-state index in [2.05, 4.69) is 10.2 Å². The maximum atomic E-state index is 13.4. The van der Waals surface area contributed by atoms with Crippen LogP contribution in [0, 0.1) is 13.8 Å². The van der Waals surface area contributed by atoms with Crippen LogP contribution < -0.4 is 4.74 Å². The minimum Gasteiger partial charge on any atom is -0.497 e. The third-order valence-electron chi connectivity index (χ3n) is 6.25. The Hall–Kier alpha value is -3.18. The van der Waals surface area contributed by atoms with Gasteiger partial charge in [-0.25, -0.2) is 8.42 Å². The topological polar surface area (TPSA) is 103 Å². The number of hydrogen-bond donors (Lipinski definition) is 0. The van der Waals surface area contributed by atoms with Crippen molar-refractivity contribution in [2.24, 2.45) is 14.1 Å². The van der Waals surface area contributed by atoms with E-state index >= 15 is 0 Å². The van der Waals surface area contributed by atoms with Gasteiger partial charge in [0.1, 0.15) is 16.3 Å². The van der Waals surface area contributed by atoms with Crippen LogP contribution >= 0.6 is 0 Å². The lowest BCUT2D eigenvalue weighted by molar-refractivity contribution is 0.0753. The van der Waals surface area contributed by atoms with Crippen LogP contribution in [-0.2, 0) is 24.1 Å². The number of hydrogen-bond acceptors (Lipinski definition) is 6. The van der Waals surface area contributed by atoms with E-state index in [9.17, 15) is 13.2 Å². The smallest absolute Gasteiger partial charge is 0.272 e. The molecule has 0 bridgehead atoms. The van der Waals surface area contributed by atoms with Crippen molar-refractivity contribution in [3.8, 4) is 17.0 Å². The Bertz CT molecular complexity index is 1330. The van der Waals surface area contributed by atoms with Crippen molar-refractivity contribution in [3.05, 3.63) is 47.4 Å². The number of aryl methyl sites for hydroxylation is 3. The fourth-order valence-corrected chi connectivity index (χ4v) is 6.22. The molecule has 1 fully saturated rings. The van der Waals surface area contributed by atoms with Gasteiger partial charge in [0.15, 0.2) is 0 Å². The van der Waals surface area contributed by atoms with E-state index in [-0.39, 0.29) is 17.3 Å². The summed E-state index contributed by atoms with van der Waals surface area (Å²) in [6.45, 7) is 4.80. The predicted molar refractivity (Wildman–Crippen MR) is 127 cm³/mol. The number of sulfonamides is 1. The van der Waals surface area contributed by atoms with Crippen LogP contribution in [-0.4, -0.2) is 76.4 Å². The Morgan fingerprint density at radius 2 is 1.76 bits per heavy atom. The van der Waals surface area contributed by atoms with Gasteiger partial charge in [0.05, 0.1) is 24.2 Å². The molecule has 10 nitrogen and oxygen atoms in total. The number of ether oxygens (including phenoxy) is 1. The molecule has 2 aromatic heterocycles. The summed E-state index contributed by atoms with van der Waals surface area (Å²) in [7, 11) is 1.37. The molecule has 1 amide bonds. The molecule has 1 saturated heterocycles. The summed E-state index contributed by atoms with van der Waals surface area (Å²) in [6, 6.07) is 9.27. The van der Waals surface area contributed by atoms with Crippen LogP contribution in [0.5, 0.6) is 5.75 Å². The van der Waals surface area contributed by atoms with E-state index in [0.29, 0.717) is 54.6 Å². The molecule has 1 aliphatic rings. The second-order valence-electron chi connectivity index (χ2n) is 8.44. The van der Waals surface area contributed by atoms with Gasteiger partial charge in [-0.2, -0.15) is 14.5 Å². The van der Waals surface area contributed by atoms with Gasteiger partial charge in [0.25, 0.3) is 5.91 Å². The van der Waals surface area contributed by atoms with E-state index in [1.54, 1.807) is 55.4 Å². The molecular weight excluding hydrogens is 456 g/mol. The van der Waals surface area contributed by atoms with Crippen molar-refractivity contribution in [2.45, 2.75) is 25.2 Å². The molecule has 4 rings (SSSR count). The van der Waals surface area contributed by atoms with Gasteiger partial charge in [-0.3, -0.25) is 14.2 Å². The van der Waals surface area contributed by atoms with Gasteiger partial charge in [0, 0.05) is 45.8 Å². The summed E-state index contributed by atoms with van der Waals surface area (Å²) >= 11 is 0. The zero-order valence-corrected chi connectivity index (χ0v) is 21.0. The highest BCUT2D eigenvalue weighted by Crippen LogP contribution is 2.26. The first-order chi connectivity index (χ1) is 16.1. The van der Waals surface area contributed by atoms with Gasteiger partial charge in [-0.1, -0.05) is 12.1 Å². The molecule has 0 aliphatic carbocycles. The molecule has 0 spiro atoms. The number of methoxy groups -OCH3 is 1. The SMILES string of the molecule is COc1cccc(-c2cc(C(=O)N3CCCN(S(=O)(=O)c4c(C)nn(C)c4C)CC3)n(C)n2)c1. The van der Waals surface area contributed by atoms with Crippen molar-refractivity contribution in [2.75, 3.05) is 33.3 Å². The van der Waals surface area contributed by atoms with Gasteiger partial charge in [-0.05, 0) is 38.5 Å². The lowest BCUT2D eigenvalue weighted by Gasteiger charge is -2.22. The standard InChI is InChI=1S/C23H30N6O4S/c1-16-22(17(2)26(3)24-16)34(31,32)29-11-7-10-28(12-13-29)23(30)21-15-20(25-27(21)4)18-8-6-9-19(14-18)33-5/h6,8-9,14-15H,7,10-13H2,1-5H3. The predicted octanol–water partition coefficient (Wildman–Crippen LogP) is 1.98. The number of aromatic nitrogens is 4. The van der Waals surface area contributed by atoms with E-state index in [1.165, 1.54) is 4.31 Å². The zero-order valence-electron chi connectivity index (χ0n) is 20.1. The number of benzene rings is 1. The first-order valence-electron chi connectivity index (χ1n) is 11.1. The average Bonchev–Trinajstić information content (AvgIpc) is 3.18. The second kappa shape index (κ2) is 9.22. The van der Waals surface area contributed by atoms with Gasteiger partial charge in [0.2, 0.25) is 10.0 Å². The summed E-state index contributed by atoms with van der Waals surface area (Å²) in [4.78, 5) is 15.3. The highest BCUT2D eigenvalue weighted by atomic mass is 32.2. The molecule has 0 radical (unpaired) electrons. The second-order valence-corrected chi connectivity index (χ2v) is 10.3. The largest absolute Gasteiger partial charge is 0.497 e. The Morgan fingerprint density at radius 3 is 2.44 bits per heavy atom. The summed E-state index contributed by atoms with van der Waals surface area (Å²) < 4.78 is 36.6. The van der Waals surface area contributed by atoms with E-state index in [4.69, 9.17) is 4.74 Å². The molecule has 1 aromatic carbocycles. The summed E-state index contributed by atoms with van der Waals surface area (Å²) in [5, 5.41) is 8.76. The summed E-state index contributed by atoms with van der Waals surface area (Å²) in [5.74, 6) is 0.543. The molecule has 3 aromatic rings. The molecular formula is C23H30N6O4S. The molecule has 0 unspecified atom stereocenters. The fraction of sp³-hybridized carbons (Fsp3) is 0.435. The van der Waals surface area contributed by atoms with Crippen LogP contribution in [0.2, 0.25) is 0 Å². The first kappa shape index (κ1) is 24.0. The van der Waals surface area contributed by atoms with Gasteiger partial charge in [-0.15, -0.1) is 0 Å². The molecule has 3 heterocycles. The lowest BCUT2D eigenvalue weighted by Crippen LogP contribution is -2.38. The Morgan fingerprint density at radius 1 is 1.00 bits per heavy atom. The van der Waals surface area contributed by atoms with Crippen LogP contribution in [0.15, 0.2) is 35.2 Å². The quantitative estimate of drug-likeness (QED) is 0.547. The van der Waals surface area contributed by atoms with Crippen LogP contribution in [0.4, 0.5) is 0 Å². The zero-order chi connectivity index (χ0) is 24.6. The average molecular weight is 487 g/mol. The van der Waals surface area contributed by atoms with E-state index in [0.717, 1.165) is 5.56 Å². The normalized spacial score (nSPS) is 15.4. The van der Waals surface area contributed by atoms with Crippen molar-refractivity contribution in [1.82, 2.24) is 28.8 Å². The first-order valence-corrected chi connectivity index (χ1v) is 12.6. The van der Waals surface area contributed by atoms with E-state index < -0.39 is 10.0 Å². The maximum Gasteiger partial charge on any atom is 0.272 e. The lowest BCUT2D eigenvalue weighted by atomic mass is 10.1. The molecule has 0 saturated carbocycles. The molecule has 0 atom stereocenters. The molecule has 0 N–H and O–H groups in total. The Balaban J connectivity index is 1.53. The number of nitrogens with zero attached hydrogens (tertiary/aromatic N) is 6. The van der Waals surface area contributed by atoms with Crippen molar-refractivity contribution < 1.29 is 17.9 Å². The number of carbonyl (C=O) groups is 1. The van der Waals surface area contributed by atoms with Gasteiger partial charge >= 0.3 is 0 Å². The Kier molecular flexibility index (Phi) is 6.50. The molecule has 11 heteroatoms. The summed E-state index contributed by atoms with van der Waals surface area (Å²) in [5.41, 5.74) is 3.07. The third kappa shape index (κ3) is 4.32. The number of rotatable bonds is 5. The number of amides is 1. The van der Waals surface area contributed by atoms with Crippen molar-refractivity contribution in [3.63, 3.8) is 0 Å². The minimum absolute atomic E-state index is 0.169. The minimum atomic E-state index is -3.70. The highest BCUT2D eigenvalue weighted by molar-refractivity contribution is 7.89. The van der Waals surface area contributed by atoms with Crippen LogP contribution in [0.3, 0.4) is 0 Å². The monoisotopic (exact) mass is 486 g/mol. The summed E-state index contributed by atoms with van der Waals surface area (Å²) in [6.07, 6.45) is 0.546. The fourth-order valence-electron chi connectivity index (χ4n) is 4.35. The van der Waals surface area contributed by atoms with Crippen molar-refractivity contribution in [1.29, 1.82) is 0 Å². The van der Waals surface area contributed by atoms with Crippen LogP contribution in [0.25, 0.3) is 11.3 Å². The Labute approximate surface area is 199 Å². The third-order valence-corrected chi connectivity index (χ3v) is 8.40. The van der Waals surface area contributed by atoms with E-state index in [1.807, 2.05) is 24.3 Å². The van der Waals surface area contributed by atoms with Gasteiger partial charge < -0.3 is 9.64 Å². The van der Waals surface area contributed by atoms with Crippen molar-refractivity contribution >= 4 is 15.9 Å². The molecule has 182 valence electrons. The molecule has 1 aliphatic heterocycles. The number of carbonyl (C=O) groups excluding carboxylic acids is 1. The molecule has 34 heavy (non-hydrogen) atoms. The highest BCUT2D eigenvalue weighted by Gasteiger charge is 2.33. The van der Waals surface area contributed by atoms with Crippen LogP contribution in [0.1, 0.15) is 28.3 Å².